The summed E-state index contributed by atoms with van der Waals surface area (Å²) in [6.45, 7) is 3.12. The molecule has 0 saturated carbocycles. The number of anilines is 1. The fourth-order valence-electron chi connectivity index (χ4n) is 3.61. The minimum Gasteiger partial charge on any atom is -0.358 e. The van der Waals surface area contributed by atoms with Gasteiger partial charge in [0.15, 0.2) is 5.11 Å². The molecule has 3 aromatic rings. The Morgan fingerprint density at radius 1 is 0.962 bits per heavy atom. The van der Waals surface area contributed by atoms with E-state index in [1.165, 1.54) is 16.3 Å². The number of hydrogen-bond donors (Lipinski definition) is 2. The Balaban J connectivity index is 1.34. The standard InChI is InChI=1S/C22H23N3S/c26-22(24-21-12-6-10-18-9-4-5-11-20(18)21)23-19-13-14-25(16-19)15-17-7-2-1-3-8-17/h1-12,19H,13-16H2,(H2,23,24,26)/t19-/m0/s1. The van der Waals surface area contributed by atoms with E-state index in [0.717, 1.165) is 31.7 Å². The number of nitrogens with zero attached hydrogens (tertiary/aromatic N) is 1. The Kier molecular flexibility index (Phi) is 5.14. The lowest BCUT2D eigenvalue weighted by Gasteiger charge is -2.19. The van der Waals surface area contributed by atoms with Crippen LogP contribution in [0, 0.1) is 0 Å². The SMILES string of the molecule is S=C(Nc1cccc2ccccc12)N[C@H]1CCN(Cc2ccccc2)C1. The molecule has 1 fully saturated rings. The molecule has 0 bridgehead atoms. The van der Waals surface area contributed by atoms with E-state index in [9.17, 15) is 0 Å². The molecule has 1 aliphatic rings. The average molecular weight is 362 g/mol. The van der Waals surface area contributed by atoms with Crippen LogP contribution in [0.25, 0.3) is 10.8 Å². The Bertz CT molecular complexity index is 889. The number of benzene rings is 3. The van der Waals surface area contributed by atoms with E-state index in [1.807, 2.05) is 0 Å². The van der Waals surface area contributed by atoms with Gasteiger partial charge in [-0.25, -0.2) is 0 Å². The molecule has 0 spiro atoms. The van der Waals surface area contributed by atoms with Crippen LogP contribution in [0.1, 0.15) is 12.0 Å². The first-order chi connectivity index (χ1) is 12.8. The summed E-state index contributed by atoms with van der Waals surface area (Å²) in [7, 11) is 0. The predicted octanol–water partition coefficient (Wildman–Crippen LogP) is 4.40. The number of hydrogen-bond acceptors (Lipinski definition) is 2. The van der Waals surface area contributed by atoms with Crippen molar-refractivity contribution in [3.63, 3.8) is 0 Å². The molecule has 1 heterocycles. The van der Waals surface area contributed by atoms with Gasteiger partial charge in [-0.1, -0.05) is 66.7 Å². The van der Waals surface area contributed by atoms with E-state index in [2.05, 4.69) is 88.3 Å². The van der Waals surface area contributed by atoms with Crippen molar-refractivity contribution < 1.29 is 0 Å². The fourth-order valence-corrected chi connectivity index (χ4v) is 3.89. The number of thiocarbonyl (C=S) groups is 1. The minimum absolute atomic E-state index is 0.397. The number of fused-ring (bicyclic) bond motifs is 1. The zero-order valence-electron chi connectivity index (χ0n) is 14.7. The number of likely N-dealkylation sites (tertiary alicyclic amines) is 1. The minimum atomic E-state index is 0.397. The van der Waals surface area contributed by atoms with Gasteiger partial charge in [-0.3, -0.25) is 4.90 Å². The van der Waals surface area contributed by atoms with Crippen molar-refractivity contribution in [1.82, 2.24) is 10.2 Å². The summed E-state index contributed by atoms with van der Waals surface area (Å²) in [5.41, 5.74) is 2.42. The molecule has 4 rings (SSSR count). The van der Waals surface area contributed by atoms with Gasteiger partial charge in [0.2, 0.25) is 0 Å². The van der Waals surface area contributed by atoms with Crippen molar-refractivity contribution in [3.05, 3.63) is 78.4 Å². The van der Waals surface area contributed by atoms with E-state index in [-0.39, 0.29) is 0 Å². The maximum absolute atomic E-state index is 5.56. The lowest BCUT2D eigenvalue weighted by atomic mass is 10.1. The monoisotopic (exact) mass is 361 g/mol. The first-order valence-corrected chi connectivity index (χ1v) is 9.50. The molecule has 0 unspecified atom stereocenters. The first-order valence-electron chi connectivity index (χ1n) is 9.09. The first kappa shape index (κ1) is 17.0. The number of nitrogens with one attached hydrogen (secondary N) is 2. The van der Waals surface area contributed by atoms with E-state index in [1.54, 1.807) is 0 Å². The zero-order valence-corrected chi connectivity index (χ0v) is 15.5. The molecule has 3 aromatic carbocycles. The topological polar surface area (TPSA) is 27.3 Å². The molecule has 1 saturated heterocycles. The van der Waals surface area contributed by atoms with Gasteiger partial charge >= 0.3 is 0 Å². The summed E-state index contributed by atoms with van der Waals surface area (Å²) < 4.78 is 0. The highest BCUT2D eigenvalue weighted by Crippen LogP contribution is 2.23. The van der Waals surface area contributed by atoms with Crippen molar-refractivity contribution in [3.8, 4) is 0 Å². The maximum Gasteiger partial charge on any atom is 0.171 e. The van der Waals surface area contributed by atoms with Gasteiger partial charge in [0, 0.05) is 36.7 Å². The Morgan fingerprint density at radius 3 is 2.62 bits per heavy atom. The molecule has 4 heteroatoms. The summed E-state index contributed by atoms with van der Waals surface area (Å²) in [5, 5.41) is 9.98. The maximum atomic E-state index is 5.56. The highest BCUT2D eigenvalue weighted by Gasteiger charge is 2.23. The third-order valence-corrected chi connectivity index (χ3v) is 5.11. The highest BCUT2D eigenvalue weighted by atomic mass is 32.1. The van der Waals surface area contributed by atoms with Gasteiger partial charge in [-0.05, 0) is 35.7 Å². The normalized spacial score (nSPS) is 17.3. The zero-order chi connectivity index (χ0) is 17.8. The van der Waals surface area contributed by atoms with Crippen LogP contribution in [0.15, 0.2) is 72.8 Å². The smallest absolute Gasteiger partial charge is 0.171 e. The molecular formula is C22H23N3S. The fraction of sp³-hybridized carbons (Fsp3) is 0.227. The van der Waals surface area contributed by atoms with Crippen molar-refractivity contribution in [1.29, 1.82) is 0 Å². The van der Waals surface area contributed by atoms with Crippen LogP contribution in [-0.4, -0.2) is 29.1 Å². The highest BCUT2D eigenvalue weighted by molar-refractivity contribution is 7.80. The number of rotatable bonds is 4. The molecule has 132 valence electrons. The van der Waals surface area contributed by atoms with Crippen LogP contribution < -0.4 is 10.6 Å². The Morgan fingerprint density at radius 2 is 1.73 bits per heavy atom. The summed E-state index contributed by atoms with van der Waals surface area (Å²) >= 11 is 5.56. The van der Waals surface area contributed by atoms with Gasteiger partial charge in [0.25, 0.3) is 0 Å². The molecule has 1 atom stereocenters. The summed E-state index contributed by atoms with van der Waals surface area (Å²) in [6.07, 6.45) is 1.12. The predicted molar refractivity (Wildman–Crippen MR) is 113 cm³/mol. The quantitative estimate of drug-likeness (QED) is 0.674. The summed E-state index contributed by atoms with van der Waals surface area (Å²) in [4.78, 5) is 2.48. The van der Waals surface area contributed by atoms with Gasteiger partial charge in [0.1, 0.15) is 0 Å². The van der Waals surface area contributed by atoms with E-state index in [4.69, 9.17) is 12.2 Å². The van der Waals surface area contributed by atoms with E-state index < -0.39 is 0 Å². The van der Waals surface area contributed by atoms with Crippen LogP contribution in [0.4, 0.5) is 5.69 Å². The molecule has 26 heavy (non-hydrogen) atoms. The molecule has 2 N–H and O–H groups in total. The lowest BCUT2D eigenvalue weighted by Crippen LogP contribution is -2.39. The molecule has 0 aliphatic carbocycles. The van der Waals surface area contributed by atoms with Gasteiger partial charge in [-0.2, -0.15) is 0 Å². The third kappa shape index (κ3) is 4.03. The van der Waals surface area contributed by atoms with E-state index in [0.29, 0.717) is 11.2 Å². The van der Waals surface area contributed by atoms with E-state index >= 15 is 0 Å². The molecule has 1 aliphatic heterocycles. The molecular weight excluding hydrogens is 338 g/mol. The van der Waals surface area contributed by atoms with Crippen LogP contribution in [0.2, 0.25) is 0 Å². The van der Waals surface area contributed by atoms with Crippen molar-refractivity contribution in [2.75, 3.05) is 18.4 Å². The van der Waals surface area contributed by atoms with Crippen molar-refractivity contribution in [2.45, 2.75) is 19.0 Å². The Hall–Kier alpha value is -2.43. The molecule has 0 amide bonds. The van der Waals surface area contributed by atoms with Gasteiger partial charge in [-0.15, -0.1) is 0 Å². The van der Waals surface area contributed by atoms with Crippen LogP contribution in [0.3, 0.4) is 0 Å². The van der Waals surface area contributed by atoms with Gasteiger partial charge < -0.3 is 10.6 Å². The lowest BCUT2D eigenvalue weighted by molar-refractivity contribution is 0.324. The second-order valence-electron chi connectivity index (χ2n) is 6.83. The van der Waals surface area contributed by atoms with Crippen molar-refractivity contribution >= 4 is 33.8 Å². The summed E-state index contributed by atoms with van der Waals surface area (Å²) in [5.74, 6) is 0. The van der Waals surface area contributed by atoms with Crippen LogP contribution in [-0.2, 0) is 6.54 Å². The molecule has 0 radical (unpaired) electrons. The van der Waals surface area contributed by atoms with Crippen molar-refractivity contribution in [2.24, 2.45) is 0 Å². The largest absolute Gasteiger partial charge is 0.358 e. The third-order valence-electron chi connectivity index (χ3n) is 4.89. The second-order valence-corrected chi connectivity index (χ2v) is 7.24. The van der Waals surface area contributed by atoms with Crippen LogP contribution in [0.5, 0.6) is 0 Å². The average Bonchev–Trinajstić information content (AvgIpc) is 3.09. The van der Waals surface area contributed by atoms with Crippen LogP contribution >= 0.6 is 12.2 Å². The molecule has 0 aromatic heterocycles. The molecule has 3 nitrogen and oxygen atoms in total. The Labute approximate surface area is 160 Å². The van der Waals surface area contributed by atoms with Gasteiger partial charge in [0.05, 0.1) is 0 Å². The second kappa shape index (κ2) is 7.85. The summed E-state index contributed by atoms with van der Waals surface area (Å²) in [6, 6.07) is 25.7.